The second kappa shape index (κ2) is 9.65. The Morgan fingerprint density at radius 1 is 1.17 bits per heavy atom. The molecule has 0 saturated carbocycles. The largest absolute Gasteiger partial charge is 0.494 e. The van der Waals surface area contributed by atoms with E-state index in [1.807, 2.05) is 12.1 Å². The molecule has 3 rings (SSSR count). The third kappa shape index (κ3) is 5.04. The minimum absolute atomic E-state index is 0.108. The molecule has 0 bridgehead atoms. The molecule has 0 aliphatic heterocycles. The monoisotopic (exact) mass is 429 g/mol. The van der Waals surface area contributed by atoms with Gasteiger partial charge in [0.25, 0.3) is 0 Å². The molecule has 0 unspecified atom stereocenters. The van der Waals surface area contributed by atoms with Crippen molar-refractivity contribution in [3.8, 4) is 5.75 Å². The Labute approximate surface area is 182 Å². The number of hydrogen-bond acceptors (Lipinski definition) is 5. The third-order valence-corrected chi connectivity index (χ3v) is 7.11. The fraction of sp³-hybridized carbons (Fsp3) is 0.500. The van der Waals surface area contributed by atoms with E-state index < -0.39 is 0 Å². The summed E-state index contributed by atoms with van der Waals surface area (Å²) in [6.45, 7) is 7.12. The number of benzene rings is 1. The first kappa shape index (κ1) is 22.3. The van der Waals surface area contributed by atoms with E-state index in [0.717, 1.165) is 37.0 Å². The molecule has 1 amide bonds. The predicted molar refractivity (Wildman–Crippen MR) is 121 cm³/mol. The van der Waals surface area contributed by atoms with Crippen molar-refractivity contribution in [3.63, 3.8) is 0 Å². The van der Waals surface area contributed by atoms with Gasteiger partial charge in [-0.2, -0.15) is 0 Å². The lowest BCUT2D eigenvalue weighted by Gasteiger charge is -2.23. The van der Waals surface area contributed by atoms with E-state index in [1.165, 1.54) is 28.9 Å². The van der Waals surface area contributed by atoms with E-state index in [-0.39, 0.29) is 17.3 Å². The van der Waals surface area contributed by atoms with Gasteiger partial charge in [-0.1, -0.05) is 32.9 Å². The predicted octanol–water partition coefficient (Wildman–Crippen LogP) is 5.51. The molecule has 2 aromatic rings. The first-order chi connectivity index (χ1) is 14.4. The van der Waals surface area contributed by atoms with E-state index in [0.29, 0.717) is 30.0 Å². The zero-order valence-electron chi connectivity index (χ0n) is 18.3. The third-order valence-electron chi connectivity index (χ3n) is 5.90. The Kier molecular flexibility index (Phi) is 7.19. The van der Waals surface area contributed by atoms with Crippen molar-refractivity contribution < 1.29 is 19.1 Å². The SMILES string of the molecule is CCC(C)(C)c1ccc(OCCCC(=O)Nc2sc3c(c2C(=O)OC)CCC3)cc1. The summed E-state index contributed by atoms with van der Waals surface area (Å²) in [5.74, 6) is 0.333. The second-order valence-electron chi connectivity index (χ2n) is 8.32. The summed E-state index contributed by atoms with van der Waals surface area (Å²) >= 11 is 1.50. The van der Waals surface area contributed by atoms with Gasteiger partial charge < -0.3 is 14.8 Å². The number of methoxy groups -OCH3 is 1. The molecule has 0 saturated heterocycles. The van der Waals surface area contributed by atoms with Gasteiger partial charge in [-0.25, -0.2) is 4.79 Å². The Bertz CT molecular complexity index is 899. The van der Waals surface area contributed by atoms with Crippen molar-refractivity contribution in [1.82, 2.24) is 0 Å². The van der Waals surface area contributed by atoms with Crippen LogP contribution in [0.5, 0.6) is 5.75 Å². The molecule has 0 fully saturated rings. The minimum atomic E-state index is -0.372. The van der Waals surface area contributed by atoms with Gasteiger partial charge in [0.1, 0.15) is 10.8 Å². The molecular weight excluding hydrogens is 398 g/mol. The summed E-state index contributed by atoms with van der Waals surface area (Å²) in [5, 5.41) is 3.52. The van der Waals surface area contributed by atoms with Crippen molar-refractivity contribution >= 4 is 28.2 Å². The van der Waals surface area contributed by atoms with Gasteiger partial charge in [0.05, 0.1) is 19.3 Å². The topological polar surface area (TPSA) is 64.6 Å². The van der Waals surface area contributed by atoms with Gasteiger partial charge in [0.2, 0.25) is 5.91 Å². The van der Waals surface area contributed by atoms with Crippen LogP contribution in [0, 0.1) is 0 Å². The summed E-state index contributed by atoms with van der Waals surface area (Å²) in [7, 11) is 1.38. The van der Waals surface area contributed by atoms with E-state index in [1.54, 1.807) is 0 Å². The number of ether oxygens (including phenoxy) is 2. The van der Waals surface area contributed by atoms with Crippen LogP contribution in [0.1, 0.15) is 72.8 Å². The number of nitrogens with one attached hydrogen (secondary N) is 1. The Hall–Kier alpha value is -2.34. The van der Waals surface area contributed by atoms with E-state index >= 15 is 0 Å². The van der Waals surface area contributed by atoms with Gasteiger partial charge >= 0.3 is 5.97 Å². The number of carbonyl (C=O) groups is 2. The number of rotatable bonds is 9. The molecule has 162 valence electrons. The Balaban J connectivity index is 1.49. The van der Waals surface area contributed by atoms with Crippen LogP contribution < -0.4 is 10.1 Å². The Morgan fingerprint density at radius 2 is 1.90 bits per heavy atom. The van der Waals surface area contributed by atoms with Crippen LogP contribution in [0.4, 0.5) is 5.00 Å². The summed E-state index contributed by atoms with van der Waals surface area (Å²) in [4.78, 5) is 25.7. The lowest BCUT2D eigenvalue weighted by Crippen LogP contribution is -2.15. The Morgan fingerprint density at radius 3 is 2.57 bits per heavy atom. The van der Waals surface area contributed by atoms with Crippen molar-refractivity contribution in [1.29, 1.82) is 0 Å². The van der Waals surface area contributed by atoms with Crippen molar-refractivity contribution in [2.24, 2.45) is 0 Å². The maximum Gasteiger partial charge on any atom is 0.341 e. The number of esters is 1. The number of hydrogen-bond donors (Lipinski definition) is 1. The normalized spacial score (nSPS) is 13.1. The average Bonchev–Trinajstić information content (AvgIpc) is 3.32. The minimum Gasteiger partial charge on any atom is -0.494 e. The van der Waals surface area contributed by atoms with Crippen LogP contribution in [0.3, 0.4) is 0 Å². The molecule has 1 heterocycles. The van der Waals surface area contributed by atoms with Crippen molar-refractivity contribution in [2.75, 3.05) is 19.0 Å². The van der Waals surface area contributed by atoms with Crippen LogP contribution in [0.25, 0.3) is 0 Å². The van der Waals surface area contributed by atoms with Crippen LogP contribution in [0.2, 0.25) is 0 Å². The second-order valence-corrected chi connectivity index (χ2v) is 9.42. The number of carbonyl (C=O) groups excluding carboxylic acids is 2. The number of anilines is 1. The summed E-state index contributed by atoms with van der Waals surface area (Å²) < 4.78 is 10.7. The van der Waals surface area contributed by atoms with Gasteiger partial charge in [0.15, 0.2) is 0 Å². The van der Waals surface area contributed by atoms with Gasteiger partial charge in [-0.3, -0.25) is 4.79 Å². The first-order valence-electron chi connectivity index (χ1n) is 10.6. The summed E-state index contributed by atoms with van der Waals surface area (Å²) in [6.07, 6.45) is 4.90. The smallest absolute Gasteiger partial charge is 0.341 e. The molecule has 5 nitrogen and oxygen atoms in total. The van der Waals surface area contributed by atoms with Crippen LogP contribution >= 0.6 is 11.3 Å². The van der Waals surface area contributed by atoms with E-state index in [9.17, 15) is 9.59 Å². The number of fused-ring (bicyclic) bond motifs is 1. The molecule has 6 heteroatoms. The first-order valence-corrected chi connectivity index (χ1v) is 11.4. The van der Waals surface area contributed by atoms with Crippen LogP contribution in [-0.4, -0.2) is 25.6 Å². The van der Waals surface area contributed by atoms with Gasteiger partial charge in [-0.05, 0) is 60.8 Å². The summed E-state index contributed by atoms with van der Waals surface area (Å²) in [5.41, 5.74) is 3.03. The number of amides is 1. The molecule has 1 aromatic carbocycles. The van der Waals surface area contributed by atoms with Gasteiger partial charge in [-0.15, -0.1) is 11.3 Å². The fourth-order valence-corrected chi connectivity index (χ4v) is 4.92. The molecule has 0 radical (unpaired) electrons. The number of aryl methyl sites for hydroxylation is 1. The van der Waals surface area contributed by atoms with Gasteiger partial charge in [0, 0.05) is 11.3 Å². The zero-order valence-corrected chi connectivity index (χ0v) is 19.1. The molecule has 1 aromatic heterocycles. The summed E-state index contributed by atoms with van der Waals surface area (Å²) in [6, 6.07) is 8.19. The number of thiophene rings is 1. The molecule has 0 spiro atoms. The fourth-order valence-electron chi connectivity index (χ4n) is 3.63. The molecular formula is C24H31NO4S. The maximum atomic E-state index is 12.4. The quantitative estimate of drug-likeness (QED) is 0.422. The molecule has 1 aliphatic carbocycles. The highest BCUT2D eigenvalue weighted by atomic mass is 32.1. The van der Waals surface area contributed by atoms with E-state index in [4.69, 9.17) is 9.47 Å². The molecule has 0 atom stereocenters. The highest BCUT2D eigenvalue weighted by Crippen LogP contribution is 2.39. The zero-order chi connectivity index (χ0) is 21.7. The average molecular weight is 430 g/mol. The molecule has 30 heavy (non-hydrogen) atoms. The lowest BCUT2D eigenvalue weighted by molar-refractivity contribution is -0.116. The van der Waals surface area contributed by atoms with Crippen molar-refractivity contribution in [2.45, 2.75) is 64.7 Å². The lowest BCUT2D eigenvalue weighted by atomic mass is 9.82. The standard InChI is InChI=1S/C24H31NO4S/c1-5-24(2,3)16-11-13-17(14-12-16)29-15-7-10-20(26)25-22-21(23(27)28-4)18-8-6-9-19(18)30-22/h11-14H,5-10,15H2,1-4H3,(H,25,26). The molecule has 1 N–H and O–H groups in total. The van der Waals surface area contributed by atoms with Crippen molar-refractivity contribution in [3.05, 3.63) is 45.8 Å². The molecule has 1 aliphatic rings. The van der Waals surface area contributed by atoms with E-state index in [2.05, 4.69) is 38.2 Å². The highest BCUT2D eigenvalue weighted by molar-refractivity contribution is 7.17. The highest BCUT2D eigenvalue weighted by Gasteiger charge is 2.27. The van der Waals surface area contributed by atoms with Crippen LogP contribution in [0.15, 0.2) is 24.3 Å². The van der Waals surface area contributed by atoms with Crippen LogP contribution in [-0.2, 0) is 27.8 Å². The maximum absolute atomic E-state index is 12.4.